The summed E-state index contributed by atoms with van der Waals surface area (Å²) in [5, 5.41) is 17.0. The number of alkyl carbamates (subject to hydrolysis) is 1. The van der Waals surface area contributed by atoms with Crippen LogP contribution < -0.4 is 20.1 Å². The van der Waals surface area contributed by atoms with Crippen molar-refractivity contribution in [3.63, 3.8) is 0 Å². The summed E-state index contributed by atoms with van der Waals surface area (Å²) in [7, 11) is 1.62. The van der Waals surface area contributed by atoms with Crippen LogP contribution in [0.4, 0.5) is 10.5 Å². The van der Waals surface area contributed by atoms with Crippen molar-refractivity contribution in [2.75, 3.05) is 13.7 Å². The van der Waals surface area contributed by atoms with E-state index in [1.165, 1.54) is 25.0 Å². The first kappa shape index (κ1) is 24.3. The number of ether oxygens (including phenoxy) is 3. The van der Waals surface area contributed by atoms with E-state index in [0.29, 0.717) is 24.5 Å². The van der Waals surface area contributed by atoms with E-state index in [9.17, 15) is 14.9 Å². The standard InChI is InChI=1S/C24H31N3O6/c1-3-32-24(28)26-23(25-16-17-8-11-19(12-9-17)27(29)30)15-18-10-13-21(31-2)22(14-18)33-20-6-4-5-7-20/h8-14,20,23,25H,3-7,15-16H2,1-2H3,(H,26,28). The van der Waals surface area contributed by atoms with Gasteiger partial charge in [0.2, 0.25) is 0 Å². The third kappa shape index (κ3) is 7.35. The van der Waals surface area contributed by atoms with Crippen molar-refractivity contribution >= 4 is 11.8 Å². The highest BCUT2D eigenvalue weighted by Gasteiger charge is 2.20. The zero-order valence-electron chi connectivity index (χ0n) is 19.0. The second-order valence-electron chi connectivity index (χ2n) is 7.94. The fraction of sp³-hybridized carbons (Fsp3) is 0.458. The van der Waals surface area contributed by atoms with E-state index in [0.717, 1.165) is 24.0 Å². The number of rotatable bonds is 11. The number of nitro groups is 1. The first-order valence-electron chi connectivity index (χ1n) is 11.2. The molecule has 1 fully saturated rings. The van der Waals surface area contributed by atoms with Gasteiger partial charge in [-0.3, -0.25) is 15.4 Å². The summed E-state index contributed by atoms with van der Waals surface area (Å²) in [4.78, 5) is 22.5. The minimum Gasteiger partial charge on any atom is -0.493 e. The van der Waals surface area contributed by atoms with E-state index < -0.39 is 17.2 Å². The molecule has 0 heterocycles. The second kappa shape index (κ2) is 12.1. The van der Waals surface area contributed by atoms with Gasteiger partial charge in [-0.05, 0) is 55.9 Å². The fourth-order valence-corrected chi connectivity index (χ4v) is 3.83. The van der Waals surface area contributed by atoms with Crippen LogP contribution in [0.5, 0.6) is 11.5 Å². The monoisotopic (exact) mass is 457 g/mol. The molecule has 0 saturated heterocycles. The Hall–Kier alpha value is -3.33. The van der Waals surface area contributed by atoms with Gasteiger partial charge in [0.05, 0.1) is 30.9 Å². The van der Waals surface area contributed by atoms with Crippen LogP contribution in [0.15, 0.2) is 42.5 Å². The number of hydrogen-bond donors (Lipinski definition) is 2. The van der Waals surface area contributed by atoms with Crippen LogP contribution in [0.3, 0.4) is 0 Å². The number of methoxy groups -OCH3 is 1. The molecule has 178 valence electrons. The molecule has 1 aliphatic rings. The molecule has 1 saturated carbocycles. The molecule has 0 aromatic heterocycles. The van der Waals surface area contributed by atoms with Crippen molar-refractivity contribution in [3.8, 4) is 11.5 Å². The first-order valence-corrected chi connectivity index (χ1v) is 11.2. The molecule has 0 radical (unpaired) electrons. The first-order chi connectivity index (χ1) is 16.0. The van der Waals surface area contributed by atoms with Crippen LogP contribution in [0, 0.1) is 10.1 Å². The van der Waals surface area contributed by atoms with Crippen molar-refractivity contribution in [1.82, 2.24) is 10.6 Å². The highest BCUT2D eigenvalue weighted by Crippen LogP contribution is 2.32. The van der Waals surface area contributed by atoms with Crippen LogP contribution >= 0.6 is 0 Å². The number of nitrogens with zero attached hydrogens (tertiary/aromatic N) is 1. The number of amides is 1. The van der Waals surface area contributed by atoms with E-state index in [4.69, 9.17) is 14.2 Å². The van der Waals surface area contributed by atoms with Crippen molar-refractivity contribution in [1.29, 1.82) is 0 Å². The molecule has 3 rings (SSSR count). The Balaban J connectivity index is 1.70. The Labute approximate surface area is 193 Å². The number of non-ortho nitro benzene ring substituents is 1. The van der Waals surface area contributed by atoms with Gasteiger partial charge in [0.25, 0.3) is 5.69 Å². The third-order valence-electron chi connectivity index (χ3n) is 5.53. The lowest BCUT2D eigenvalue weighted by molar-refractivity contribution is -0.384. The largest absolute Gasteiger partial charge is 0.493 e. The Morgan fingerprint density at radius 3 is 2.45 bits per heavy atom. The number of nitro benzene ring substituents is 1. The van der Waals surface area contributed by atoms with Crippen LogP contribution in [-0.2, 0) is 17.7 Å². The summed E-state index contributed by atoms with van der Waals surface area (Å²) in [6, 6.07) is 12.1. The SMILES string of the molecule is CCOC(=O)NC(Cc1ccc(OC)c(OC2CCCC2)c1)NCc1ccc([N+](=O)[O-])cc1. The average molecular weight is 458 g/mol. The predicted molar refractivity (Wildman–Crippen MR) is 123 cm³/mol. The molecule has 0 bridgehead atoms. The number of hydrogen-bond acceptors (Lipinski definition) is 7. The van der Waals surface area contributed by atoms with Gasteiger partial charge in [0, 0.05) is 25.1 Å². The zero-order valence-corrected chi connectivity index (χ0v) is 19.0. The van der Waals surface area contributed by atoms with E-state index >= 15 is 0 Å². The molecule has 2 N–H and O–H groups in total. The molecule has 1 amide bonds. The minimum atomic E-state index is -0.519. The summed E-state index contributed by atoms with van der Waals surface area (Å²) >= 11 is 0. The molecule has 9 heteroatoms. The molecule has 1 aliphatic carbocycles. The molecule has 9 nitrogen and oxygen atoms in total. The molecule has 0 aliphatic heterocycles. The van der Waals surface area contributed by atoms with Crippen molar-refractivity contribution in [2.45, 2.75) is 57.8 Å². The number of benzene rings is 2. The number of nitrogens with one attached hydrogen (secondary N) is 2. The molecule has 2 aromatic rings. The van der Waals surface area contributed by atoms with E-state index in [1.807, 2.05) is 18.2 Å². The predicted octanol–water partition coefficient (Wildman–Crippen LogP) is 4.33. The minimum absolute atomic E-state index is 0.0352. The average Bonchev–Trinajstić information content (AvgIpc) is 3.31. The van der Waals surface area contributed by atoms with Crippen LogP contribution in [-0.4, -0.2) is 37.0 Å². The number of carbonyl (C=O) groups is 1. The van der Waals surface area contributed by atoms with E-state index in [2.05, 4.69) is 10.6 Å². The molecule has 2 aromatic carbocycles. The topological polar surface area (TPSA) is 112 Å². The normalized spacial score (nSPS) is 14.5. The van der Waals surface area contributed by atoms with Crippen LogP contribution in [0.2, 0.25) is 0 Å². The van der Waals surface area contributed by atoms with Crippen LogP contribution in [0.1, 0.15) is 43.7 Å². The Kier molecular flexibility index (Phi) is 8.88. The van der Waals surface area contributed by atoms with Crippen molar-refractivity contribution in [3.05, 3.63) is 63.7 Å². The maximum atomic E-state index is 12.1. The quantitative estimate of drug-likeness (QED) is 0.293. The van der Waals surface area contributed by atoms with Gasteiger partial charge < -0.3 is 19.5 Å². The van der Waals surface area contributed by atoms with Gasteiger partial charge in [-0.1, -0.05) is 18.2 Å². The van der Waals surface area contributed by atoms with Gasteiger partial charge in [0.15, 0.2) is 11.5 Å². The van der Waals surface area contributed by atoms with Gasteiger partial charge in [-0.15, -0.1) is 0 Å². The smallest absolute Gasteiger partial charge is 0.408 e. The van der Waals surface area contributed by atoms with Crippen LogP contribution in [0.25, 0.3) is 0 Å². The maximum Gasteiger partial charge on any atom is 0.408 e. The van der Waals surface area contributed by atoms with Gasteiger partial charge in [-0.25, -0.2) is 4.79 Å². The maximum absolute atomic E-state index is 12.1. The van der Waals surface area contributed by atoms with E-state index in [1.54, 1.807) is 26.2 Å². The number of carbonyl (C=O) groups excluding carboxylic acids is 1. The molecular weight excluding hydrogens is 426 g/mol. The van der Waals surface area contributed by atoms with Crippen molar-refractivity contribution < 1.29 is 23.9 Å². The lowest BCUT2D eigenvalue weighted by Gasteiger charge is -2.22. The molecule has 33 heavy (non-hydrogen) atoms. The van der Waals surface area contributed by atoms with Gasteiger partial charge in [-0.2, -0.15) is 0 Å². The zero-order chi connectivity index (χ0) is 23.6. The lowest BCUT2D eigenvalue weighted by atomic mass is 10.1. The highest BCUT2D eigenvalue weighted by atomic mass is 16.6. The summed E-state index contributed by atoms with van der Waals surface area (Å²) < 4.78 is 16.7. The Morgan fingerprint density at radius 2 is 1.82 bits per heavy atom. The fourth-order valence-electron chi connectivity index (χ4n) is 3.83. The third-order valence-corrected chi connectivity index (χ3v) is 5.53. The summed E-state index contributed by atoms with van der Waals surface area (Å²) in [5.74, 6) is 1.38. The molecular formula is C24H31N3O6. The Morgan fingerprint density at radius 1 is 1.12 bits per heavy atom. The Bertz CT molecular complexity index is 928. The van der Waals surface area contributed by atoms with Gasteiger partial charge in [0.1, 0.15) is 0 Å². The van der Waals surface area contributed by atoms with Gasteiger partial charge >= 0.3 is 6.09 Å². The molecule has 1 atom stereocenters. The lowest BCUT2D eigenvalue weighted by Crippen LogP contribution is -2.46. The molecule has 1 unspecified atom stereocenters. The molecule has 0 spiro atoms. The summed E-state index contributed by atoms with van der Waals surface area (Å²) in [5.41, 5.74) is 1.85. The van der Waals surface area contributed by atoms with Crippen molar-refractivity contribution in [2.24, 2.45) is 0 Å². The van der Waals surface area contributed by atoms with E-state index in [-0.39, 0.29) is 18.4 Å². The highest BCUT2D eigenvalue weighted by molar-refractivity contribution is 5.67. The second-order valence-corrected chi connectivity index (χ2v) is 7.94. The summed E-state index contributed by atoms with van der Waals surface area (Å²) in [6.07, 6.45) is 4.16. The summed E-state index contributed by atoms with van der Waals surface area (Å²) in [6.45, 7) is 2.43.